The third-order valence-electron chi connectivity index (χ3n) is 11.4. The highest BCUT2D eigenvalue weighted by Gasteiger charge is 2.40. The van der Waals surface area contributed by atoms with Crippen LogP contribution in [0.4, 0.5) is 17.1 Å². The van der Waals surface area contributed by atoms with E-state index in [4.69, 9.17) is 4.42 Å². The van der Waals surface area contributed by atoms with Gasteiger partial charge in [-0.15, -0.1) is 11.3 Å². The molecule has 53 heavy (non-hydrogen) atoms. The molecule has 10 aromatic rings. The van der Waals surface area contributed by atoms with Crippen LogP contribution in [0.2, 0.25) is 0 Å². The van der Waals surface area contributed by atoms with Gasteiger partial charge in [-0.1, -0.05) is 140 Å². The molecule has 0 atom stereocenters. The van der Waals surface area contributed by atoms with Crippen LogP contribution in [0.1, 0.15) is 23.6 Å². The van der Waals surface area contributed by atoms with Gasteiger partial charge in [0, 0.05) is 42.0 Å². The first-order chi connectivity index (χ1) is 26.2. The lowest BCUT2D eigenvalue weighted by molar-refractivity contribution is 0.662. The predicted octanol–water partition coefficient (Wildman–Crippen LogP) is 14.4. The van der Waals surface area contributed by atoms with Crippen LogP contribution in [0.3, 0.4) is 0 Å². The van der Waals surface area contributed by atoms with E-state index in [1.807, 2.05) is 11.3 Å². The van der Waals surface area contributed by atoms with E-state index in [9.17, 15) is 0 Å². The lowest BCUT2D eigenvalue weighted by Crippen LogP contribution is -2.22. The molecule has 1 aliphatic rings. The summed E-state index contributed by atoms with van der Waals surface area (Å²) < 4.78 is 9.61. The van der Waals surface area contributed by atoms with Crippen LogP contribution in [0.25, 0.3) is 64.4 Å². The summed E-state index contributed by atoms with van der Waals surface area (Å²) in [7, 11) is 0. The molecule has 250 valence electrons. The SMILES string of the molecule is CC1(c2ccc3c(c2)oc2c(N(c4ccc(-c5ccccc5)cc4)c4cccc5sc6ccccc6c45)cccc23)c2ccccc2-c2ccccc21. The van der Waals surface area contributed by atoms with Gasteiger partial charge in [0.1, 0.15) is 5.58 Å². The molecule has 3 heteroatoms. The number of anilines is 3. The van der Waals surface area contributed by atoms with Crippen molar-refractivity contribution in [2.24, 2.45) is 0 Å². The summed E-state index contributed by atoms with van der Waals surface area (Å²) in [4.78, 5) is 2.40. The zero-order chi connectivity index (χ0) is 35.1. The second-order valence-corrected chi connectivity index (χ2v) is 15.3. The maximum Gasteiger partial charge on any atom is 0.159 e. The number of hydrogen-bond donors (Lipinski definition) is 0. The zero-order valence-electron chi connectivity index (χ0n) is 29.1. The van der Waals surface area contributed by atoms with E-state index >= 15 is 0 Å². The van der Waals surface area contributed by atoms with E-state index in [0.29, 0.717) is 0 Å². The molecular weight excluding hydrogens is 663 g/mol. The molecule has 0 fully saturated rings. The number of nitrogens with zero attached hydrogens (tertiary/aromatic N) is 1. The maximum absolute atomic E-state index is 7.06. The Kier molecular flexibility index (Phi) is 6.58. The van der Waals surface area contributed by atoms with Gasteiger partial charge in [-0.2, -0.15) is 0 Å². The number of thiophene rings is 1. The molecule has 11 rings (SSSR count). The fourth-order valence-electron chi connectivity index (χ4n) is 8.82. The molecular formula is C50H33NOS. The van der Waals surface area contributed by atoms with E-state index in [-0.39, 0.29) is 5.41 Å². The van der Waals surface area contributed by atoms with Gasteiger partial charge in [0.25, 0.3) is 0 Å². The van der Waals surface area contributed by atoms with Gasteiger partial charge < -0.3 is 9.32 Å². The average molecular weight is 696 g/mol. The van der Waals surface area contributed by atoms with Crippen LogP contribution in [0, 0.1) is 0 Å². The summed E-state index contributed by atoms with van der Waals surface area (Å²) in [5, 5.41) is 4.74. The van der Waals surface area contributed by atoms with Crippen molar-refractivity contribution < 1.29 is 4.42 Å². The van der Waals surface area contributed by atoms with Crippen LogP contribution < -0.4 is 4.90 Å². The Balaban J connectivity index is 1.13. The molecule has 1 aliphatic carbocycles. The molecule has 0 saturated carbocycles. The third-order valence-corrected chi connectivity index (χ3v) is 12.5. The molecule has 0 amide bonds. The minimum Gasteiger partial charge on any atom is -0.454 e. The molecule has 0 N–H and O–H groups in total. The molecule has 2 aromatic heterocycles. The predicted molar refractivity (Wildman–Crippen MR) is 224 cm³/mol. The van der Waals surface area contributed by atoms with Crippen molar-refractivity contribution in [2.45, 2.75) is 12.3 Å². The maximum atomic E-state index is 7.06. The van der Waals surface area contributed by atoms with Crippen LogP contribution in [0.5, 0.6) is 0 Å². The quantitative estimate of drug-likeness (QED) is 0.178. The number of para-hydroxylation sites is 1. The number of fused-ring (bicyclic) bond motifs is 9. The Morgan fingerprint density at radius 3 is 1.91 bits per heavy atom. The second kappa shape index (κ2) is 11.5. The van der Waals surface area contributed by atoms with Gasteiger partial charge >= 0.3 is 0 Å². The van der Waals surface area contributed by atoms with E-state index in [0.717, 1.165) is 39.0 Å². The number of benzene rings is 8. The Morgan fingerprint density at radius 1 is 0.491 bits per heavy atom. The van der Waals surface area contributed by atoms with Crippen molar-refractivity contribution in [3.63, 3.8) is 0 Å². The summed E-state index contributed by atoms with van der Waals surface area (Å²) in [6, 6.07) is 66.0. The fraction of sp³-hybridized carbons (Fsp3) is 0.0400. The van der Waals surface area contributed by atoms with Crippen molar-refractivity contribution in [3.8, 4) is 22.3 Å². The highest BCUT2D eigenvalue weighted by Crippen LogP contribution is 2.53. The largest absolute Gasteiger partial charge is 0.454 e. The molecule has 0 saturated heterocycles. The standard InChI is InChI=1S/C50H33NOS/c1-50(41-19-8-5-15-36(41)37-16-6-9-20-42(37)50)34-27-30-38-39-18-11-22-44(49(39)52-45(38)31-34)51(35-28-25-33(26-29-35)32-13-3-2-4-14-32)43-21-12-24-47-48(43)40-17-7-10-23-46(40)53-47/h2-31H,1H3. The monoisotopic (exact) mass is 695 g/mol. The average Bonchev–Trinajstić information content (AvgIpc) is 3.88. The summed E-state index contributed by atoms with van der Waals surface area (Å²) in [5.74, 6) is 0. The van der Waals surface area contributed by atoms with Gasteiger partial charge in [-0.3, -0.25) is 0 Å². The highest BCUT2D eigenvalue weighted by molar-refractivity contribution is 7.26. The van der Waals surface area contributed by atoms with Crippen LogP contribution in [-0.2, 0) is 5.41 Å². The first kappa shape index (κ1) is 30.2. The van der Waals surface area contributed by atoms with Crippen LogP contribution >= 0.6 is 11.3 Å². The van der Waals surface area contributed by atoms with Crippen molar-refractivity contribution in [3.05, 3.63) is 199 Å². The molecule has 8 aromatic carbocycles. The minimum atomic E-state index is -0.300. The fourth-order valence-corrected chi connectivity index (χ4v) is 9.95. The zero-order valence-corrected chi connectivity index (χ0v) is 29.9. The summed E-state index contributed by atoms with van der Waals surface area (Å²) in [6.45, 7) is 2.36. The van der Waals surface area contributed by atoms with E-state index in [1.54, 1.807) is 0 Å². The molecule has 2 heterocycles. The molecule has 0 unspecified atom stereocenters. The Labute approximate surface area is 311 Å². The van der Waals surface area contributed by atoms with Gasteiger partial charge in [0.05, 0.1) is 11.4 Å². The highest BCUT2D eigenvalue weighted by atomic mass is 32.1. The second-order valence-electron chi connectivity index (χ2n) is 14.2. The van der Waals surface area contributed by atoms with E-state index < -0.39 is 0 Å². The van der Waals surface area contributed by atoms with Gasteiger partial charge in [0.15, 0.2) is 5.58 Å². The van der Waals surface area contributed by atoms with Crippen molar-refractivity contribution in [2.75, 3.05) is 4.90 Å². The summed E-state index contributed by atoms with van der Waals surface area (Å²) >= 11 is 1.84. The minimum absolute atomic E-state index is 0.300. The van der Waals surface area contributed by atoms with Crippen molar-refractivity contribution >= 4 is 70.5 Å². The van der Waals surface area contributed by atoms with E-state index in [2.05, 4.69) is 194 Å². The van der Waals surface area contributed by atoms with E-state index in [1.165, 1.54) is 59.1 Å². The van der Waals surface area contributed by atoms with Crippen molar-refractivity contribution in [1.29, 1.82) is 0 Å². The molecule has 2 nitrogen and oxygen atoms in total. The van der Waals surface area contributed by atoms with Crippen LogP contribution in [-0.4, -0.2) is 0 Å². The first-order valence-corrected chi connectivity index (χ1v) is 19.0. The topological polar surface area (TPSA) is 16.4 Å². The number of furan rings is 1. The van der Waals surface area contributed by atoms with Gasteiger partial charge in [-0.25, -0.2) is 0 Å². The Morgan fingerprint density at radius 2 is 1.11 bits per heavy atom. The lowest BCUT2D eigenvalue weighted by Gasteiger charge is -2.28. The summed E-state index contributed by atoms with van der Waals surface area (Å²) in [5.41, 5.74) is 13.6. The summed E-state index contributed by atoms with van der Waals surface area (Å²) in [6.07, 6.45) is 0. The molecule has 0 spiro atoms. The Bertz CT molecular complexity index is 2980. The van der Waals surface area contributed by atoms with Crippen molar-refractivity contribution in [1.82, 2.24) is 0 Å². The number of rotatable bonds is 5. The third kappa shape index (κ3) is 4.44. The van der Waals surface area contributed by atoms with Gasteiger partial charge in [-0.05, 0) is 88.3 Å². The smallest absolute Gasteiger partial charge is 0.159 e. The van der Waals surface area contributed by atoms with Crippen LogP contribution in [0.15, 0.2) is 186 Å². The molecule has 0 radical (unpaired) electrons. The number of hydrogen-bond acceptors (Lipinski definition) is 3. The Hall–Kier alpha value is -6.42. The van der Waals surface area contributed by atoms with Gasteiger partial charge in [0.2, 0.25) is 0 Å². The first-order valence-electron chi connectivity index (χ1n) is 18.2. The molecule has 0 bridgehead atoms. The molecule has 0 aliphatic heterocycles. The normalized spacial score (nSPS) is 13.2. The lowest BCUT2D eigenvalue weighted by atomic mass is 9.74.